The van der Waals surface area contributed by atoms with Gasteiger partial charge >= 0.3 is 68.8 Å². The van der Waals surface area contributed by atoms with Gasteiger partial charge in [-0.3, -0.25) is 0 Å². The Balaban J connectivity index is 0. The summed E-state index contributed by atoms with van der Waals surface area (Å²) >= 11 is -2.61. The van der Waals surface area contributed by atoms with Gasteiger partial charge in [0.25, 0.3) is 0 Å². The predicted molar refractivity (Wildman–Crippen MR) is 51.2 cm³/mol. The summed E-state index contributed by atoms with van der Waals surface area (Å²) in [5, 5.41) is 0. The summed E-state index contributed by atoms with van der Waals surface area (Å²) in [7, 11) is 0. The van der Waals surface area contributed by atoms with E-state index in [9.17, 15) is 0 Å². The quantitative estimate of drug-likeness (QED) is 0.410. The van der Waals surface area contributed by atoms with Crippen molar-refractivity contribution in [2.24, 2.45) is 0 Å². The molecule has 1 aliphatic carbocycles. The zero-order valence-corrected chi connectivity index (χ0v) is 14.6. The van der Waals surface area contributed by atoms with E-state index < -0.39 is 12.9 Å². The first-order chi connectivity index (χ1) is 4.59. The second-order valence-electron chi connectivity index (χ2n) is 5.38. The minimum atomic E-state index is -2.61. The van der Waals surface area contributed by atoms with E-state index in [4.69, 9.17) is 0 Å². The van der Waals surface area contributed by atoms with Crippen LogP contribution in [0.5, 0.6) is 0 Å². The summed E-state index contributed by atoms with van der Waals surface area (Å²) in [6.45, 7) is 0. The molecule has 0 unspecified atom stereocenters. The summed E-state index contributed by atoms with van der Waals surface area (Å²) in [4.78, 5) is 0. The fraction of sp³-hybridized carbons (Fsp3) is 0.600. The number of hydrogen-bond acceptors (Lipinski definition) is 0. The average Bonchev–Trinajstić information content (AvgIpc) is 2.01. The van der Waals surface area contributed by atoms with E-state index in [0.29, 0.717) is 0 Å². The maximum atomic E-state index is 2.48. The van der Waals surface area contributed by atoms with Crippen LogP contribution in [0.3, 0.4) is 0 Å². The molecular formula is C10H20Br2Ir. The van der Waals surface area contributed by atoms with E-state index in [-0.39, 0.29) is 34.0 Å². The van der Waals surface area contributed by atoms with Crippen LogP contribution in [0, 0.1) is 0 Å². The third kappa shape index (κ3) is 4.92. The van der Waals surface area contributed by atoms with E-state index >= 15 is 0 Å². The zero-order valence-electron chi connectivity index (χ0n) is 9.03. The Morgan fingerprint density at radius 2 is 1.46 bits per heavy atom. The van der Waals surface area contributed by atoms with E-state index in [1.54, 1.807) is 4.09 Å². The second kappa shape index (κ2) is 3.59. The van der Waals surface area contributed by atoms with Gasteiger partial charge in [-0.15, -0.1) is 0 Å². The van der Waals surface area contributed by atoms with Crippen molar-refractivity contribution in [2.75, 3.05) is 0 Å². The molecule has 0 aliphatic heterocycles. The van der Waals surface area contributed by atoms with Crippen LogP contribution in [0.15, 0.2) is 22.3 Å². The van der Waals surface area contributed by atoms with Crippen LogP contribution in [-0.2, 0) is 12.9 Å². The molecule has 3 heteroatoms. The van der Waals surface area contributed by atoms with Gasteiger partial charge < -0.3 is 34.0 Å². The van der Waals surface area contributed by atoms with Crippen LogP contribution >= 0.6 is 0 Å². The SMILES string of the molecule is [Br-].[Br-].[CH3][Ir+2]([CH3])([CH3])([CH3])([CH3])[C]1=CC=CC1. The first-order valence-corrected chi connectivity index (χ1v) is 16.7. The monoisotopic (exact) mass is 491 g/mol. The number of halogens is 2. The summed E-state index contributed by atoms with van der Waals surface area (Å²) in [6.07, 6.45) is 7.98. The van der Waals surface area contributed by atoms with Crippen molar-refractivity contribution in [3.05, 3.63) is 22.3 Å². The minimum absolute atomic E-state index is 0. The Morgan fingerprint density at radius 3 is 1.62 bits per heavy atom. The molecule has 0 fully saturated rings. The molecule has 0 nitrogen and oxygen atoms in total. The van der Waals surface area contributed by atoms with Crippen LogP contribution in [0.2, 0.25) is 27.2 Å². The third-order valence-electron chi connectivity index (χ3n) is 1.78. The Kier molecular flexibility index (Phi) is 4.56. The normalized spacial score (nSPS) is 20.5. The van der Waals surface area contributed by atoms with E-state index in [1.165, 1.54) is 6.42 Å². The van der Waals surface area contributed by atoms with Crippen molar-refractivity contribution in [1.29, 1.82) is 0 Å². The molecule has 83 valence electrons. The molecule has 0 N–H and O–H groups in total. The molecule has 0 bridgehead atoms. The van der Waals surface area contributed by atoms with Gasteiger partial charge in [-0.2, -0.15) is 0 Å². The molecule has 0 spiro atoms. The number of rotatable bonds is 1. The molecule has 0 aromatic heterocycles. The summed E-state index contributed by atoms with van der Waals surface area (Å²) in [5.74, 6) is 0. The average molecular weight is 492 g/mol. The van der Waals surface area contributed by atoms with Crippen LogP contribution in [0.4, 0.5) is 0 Å². The van der Waals surface area contributed by atoms with E-state index in [0.717, 1.165) is 0 Å². The molecule has 1 aliphatic rings. The van der Waals surface area contributed by atoms with Gasteiger partial charge in [0.15, 0.2) is 0 Å². The summed E-state index contributed by atoms with van der Waals surface area (Å²) in [6, 6.07) is 0. The molecule has 0 aromatic carbocycles. The topological polar surface area (TPSA) is 0 Å². The van der Waals surface area contributed by atoms with E-state index in [2.05, 4.69) is 45.4 Å². The molecule has 0 atom stereocenters. The van der Waals surface area contributed by atoms with Crippen LogP contribution in [0.25, 0.3) is 0 Å². The van der Waals surface area contributed by atoms with Gasteiger partial charge in [-0.05, 0) is 0 Å². The van der Waals surface area contributed by atoms with E-state index in [1.807, 2.05) is 0 Å². The molecule has 0 saturated heterocycles. The van der Waals surface area contributed by atoms with Gasteiger partial charge in [0.05, 0.1) is 0 Å². The van der Waals surface area contributed by atoms with Crippen molar-refractivity contribution in [2.45, 2.75) is 33.6 Å². The molecular weight excluding hydrogens is 472 g/mol. The Morgan fingerprint density at radius 1 is 1.00 bits per heavy atom. The summed E-state index contributed by atoms with van der Waals surface area (Å²) < 4.78 is 1.70. The Hall–Kier alpha value is 1.09. The first-order valence-electron chi connectivity index (χ1n) is 3.55. The van der Waals surface area contributed by atoms with Gasteiger partial charge in [-0.25, -0.2) is 0 Å². The fourth-order valence-corrected chi connectivity index (χ4v) is 5.98. The Bertz CT molecular complexity index is 240. The standard InChI is InChI=1S/C5H5.5CH3.2BrH.Ir/c1-2-4-5-3-1;;;;;;;;/h1-3H,4H2;5*1H3;2*1H;/q;;;;;;;;+2/p-2. The van der Waals surface area contributed by atoms with Crippen molar-refractivity contribution in [1.82, 2.24) is 0 Å². The number of hydrogen-bond donors (Lipinski definition) is 0. The van der Waals surface area contributed by atoms with Gasteiger partial charge in [0.1, 0.15) is 0 Å². The van der Waals surface area contributed by atoms with Crippen molar-refractivity contribution in [3.8, 4) is 0 Å². The first kappa shape index (κ1) is 16.5. The Labute approximate surface area is 102 Å². The fourth-order valence-electron chi connectivity index (χ4n) is 1.03. The zero-order chi connectivity index (χ0) is 8.81. The molecule has 0 heterocycles. The van der Waals surface area contributed by atoms with Crippen molar-refractivity contribution in [3.63, 3.8) is 0 Å². The van der Waals surface area contributed by atoms with Gasteiger partial charge in [-0.1, -0.05) is 0 Å². The molecule has 0 amide bonds. The van der Waals surface area contributed by atoms with Crippen molar-refractivity contribution >= 4 is 0 Å². The van der Waals surface area contributed by atoms with Crippen LogP contribution in [0.1, 0.15) is 6.42 Å². The summed E-state index contributed by atoms with van der Waals surface area (Å²) in [5.41, 5.74) is 12.4. The molecule has 1 rings (SSSR count). The maximum absolute atomic E-state index is 2.61. The predicted octanol–water partition coefficient (Wildman–Crippen LogP) is -1.70. The number of allylic oxidation sites excluding steroid dienone is 4. The van der Waals surface area contributed by atoms with Crippen LogP contribution < -0.4 is 34.0 Å². The van der Waals surface area contributed by atoms with Gasteiger partial charge in [0, 0.05) is 0 Å². The van der Waals surface area contributed by atoms with Crippen LogP contribution in [-0.4, -0.2) is 0 Å². The second-order valence-corrected chi connectivity index (χ2v) is 36.9. The molecule has 0 saturated carbocycles. The molecule has 0 aromatic rings. The van der Waals surface area contributed by atoms with Crippen molar-refractivity contribution < 1.29 is 46.8 Å². The van der Waals surface area contributed by atoms with Gasteiger partial charge in [0.2, 0.25) is 0 Å². The third-order valence-corrected chi connectivity index (χ3v) is 10.4. The molecule has 0 radical (unpaired) electrons. The molecule has 13 heavy (non-hydrogen) atoms.